The average Bonchev–Trinajstić information content (AvgIpc) is 3.68. The molecule has 1 aliphatic carbocycles. The van der Waals surface area contributed by atoms with Crippen molar-refractivity contribution < 1.29 is 50.9 Å². The molecule has 1 aromatic heterocycles. The Morgan fingerprint density at radius 3 is 2.15 bits per heavy atom. The number of aromatic nitrogens is 2. The number of anilines is 1. The number of aliphatic imine (C=N–C) groups is 1. The molecular formula is C30H35F4N5O7. The van der Waals surface area contributed by atoms with Crippen LogP contribution in [-0.2, 0) is 19.7 Å². The van der Waals surface area contributed by atoms with Gasteiger partial charge in [-0.2, -0.15) is 0 Å². The van der Waals surface area contributed by atoms with Crippen molar-refractivity contribution in [2.75, 3.05) is 12.2 Å². The molecular weight excluding hydrogens is 618 g/mol. The van der Waals surface area contributed by atoms with Crippen LogP contribution in [0.25, 0.3) is 0 Å². The number of amides is 3. The molecule has 0 spiro atoms. The standard InChI is InChI=1S/C30H35F4N5O7/c1-27(2,3)45-25(41)39(26(42)46-28(4,5)6)24-38-29(7,21(33)22(44-24)30(34)10-11-30)17-12-16(8-9-18(17)32)37-23(40)19-13-36-20(14-35-19)43-15-31/h8-9,12-14,21-22H,10-11,15H2,1-7H3,(H,37,40)/t21-,22-,29+/m0/s1. The van der Waals surface area contributed by atoms with Crippen LogP contribution in [0.1, 0.15) is 77.4 Å². The number of hydrogen-bond donors (Lipinski definition) is 1. The summed E-state index contributed by atoms with van der Waals surface area (Å²) in [4.78, 5) is 51.5. The molecule has 1 N–H and O–H groups in total. The van der Waals surface area contributed by atoms with E-state index < -0.39 is 77.0 Å². The van der Waals surface area contributed by atoms with E-state index in [1.54, 1.807) is 0 Å². The van der Waals surface area contributed by atoms with E-state index in [-0.39, 0.29) is 35.0 Å². The number of carbonyl (C=O) groups excluding carboxylic acids is 3. The predicted molar refractivity (Wildman–Crippen MR) is 155 cm³/mol. The van der Waals surface area contributed by atoms with E-state index in [4.69, 9.17) is 14.2 Å². The molecule has 3 amide bonds. The largest absolute Gasteiger partial charge is 0.454 e. The van der Waals surface area contributed by atoms with Crippen molar-refractivity contribution in [1.82, 2.24) is 14.9 Å². The number of benzene rings is 1. The first-order valence-electron chi connectivity index (χ1n) is 14.2. The molecule has 1 fully saturated rings. The summed E-state index contributed by atoms with van der Waals surface area (Å²) in [6.07, 6.45) is -5.05. The third-order valence-electron chi connectivity index (χ3n) is 6.78. The number of imide groups is 1. The van der Waals surface area contributed by atoms with E-state index in [1.807, 2.05) is 0 Å². The van der Waals surface area contributed by atoms with Gasteiger partial charge in [-0.3, -0.25) is 4.79 Å². The molecule has 1 saturated carbocycles. The second kappa shape index (κ2) is 12.4. The molecule has 3 atom stereocenters. The van der Waals surface area contributed by atoms with E-state index in [0.717, 1.165) is 31.5 Å². The fourth-order valence-corrected chi connectivity index (χ4v) is 4.43. The quantitative estimate of drug-likeness (QED) is 0.363. The Labute approximate surface area is 262 Å². The molecule has 2 heterocycles. The SMILES string of the molecule is CC(C)(C)OC(=O)N(C(=O)OC(C)(C)C)C1=N[C@](C)(c2cc(NC(=O)c3cnc(OCF)cn3)ccc2F)[C@@H](F)[C@@H](C2(F)CC2)O1. The van der Waals surface area contributed by atoms with E-state index in [9.17, 15) is 18.8 Å². The Morgan fingerprint density at radius 2 is 1.65 bits per heavy atom. The molecule has 1 aliphatic heterocycles. The van der Waals surface area contributed by atoms with Crippen LogP contribution in [0.15, 0.2) is 35.6 Å². The van der Waals surface area contributed by atoms with Crippen LogP contribution in [0.5, 0.6) is 5.88 Å². The number of amidine groups is 1. The molecule has 46 heavy (non-hydrogen) atoms. The number of nitrogens with zero attached hydrogens (tertiary/aromatic N) is 4. The maximum absolute atomic E-state index is 16.4. The minimum absolute atomic E-state index is 0.0435. The van der Waals surface area contributed by atoms with E-state index >= 15 is 13.2 Å². The van der Waals surface area contributed by atoms with Gasteiger partial charge in [0.1, 0.15) is 28.3 Å². The highest BCUT2D eigenvalue weighted by Gasteiger charge is 2.63. The zero-order valence-electron chi connectivity index (χ0n) is 26.3. The zero-order valence-corrected chi connectivity index (χ0v) is 26.3. The first-order valence-corrected chi connectivity index (χ1v) is 14.2. The van der Waals surface area contributed by atoms with E-state index in [2.05, 4.69) is 25.0 Å². The van der Waals surface area contributed by atoms with Crippen LogP contribution in [0.4, 0.5) is 32.8 Å². The summed E-state index contributed by atoms with van der Waals surface area (Å²) in [7, 11) is 0. The van der Waals surface area contributed by atoms with Crippen molar-refractivity contribution in [3.63, 3.8) is 0 Å². The van der Waals surface area contributed by atoms with Crippen LogP contribution in [-0.4, -0.2) is 75.0 Å². The fourth-order valence-electron chi connectivity index (χ4n) is 4.43. The van der Waals surface area contributed by atoms with Crippen molar-refractivity contribution >= 4 is 29.8 Å². The van der Waals surface area contributed by atoms with Gasteiger partial charge >= 0.3 is 18.2 Å². The number of rotatable bonds is 6. The van der Waals surface area contributed by atoms with Crippen LogP contribution < -0.4 is 10.1 Å². The smallest absolute Gasteiger partial charge is 0.428 e. The topological polar surface area (TPSA) is 142 Å². The maximum atomic E-state index is 16.4. The van der Waals surface area contributed by atoms with Gasteiger partial charge in [0.05, 0.1) is 12.4 Å². The first-order chi connectivity index (χ1) is 21.3. The lowest BCUT2D eigenvalue weighted by Gasteiger charge is -2.42. The summed E-state index contributed by atoms with van der Waals surface area (Å²) in [5.74, 6) is -1.97. The highest BCUT2D eigenvalue weighted by Crippen LogP contribution is 2.52. The summed E-state index contributed by atoms with van der Waals surface area (Å²) >= 11 is 0. The van der Waals surface area contributed by atoms with Crippen molar-refractivity contribution in [1.29, 1.82) is 0 Å². The highest BCUT2D eigenvalue weighted by atomic mass is 19.2. The number of halogens is 4. The Morgan fingerprint density at radius 1 is 1.04 bits per heavy atom. The highest BCUT2D eigenvalue weighted by molar-refractivity contribution is 6.06. The lowest BCUT2D eigenvalue weighted by atomic mass is 9.82. The Balaban J connectivity index is 1.78. The molecule has 0 unspecified atom stereocenters. The zero-order chi connectivity index (χ0) is 34.2. The Bertz CT molecular complexity index is 1490. The predicted octanol–water partition coefficient (Wildman–Crippen LogP) is 6.16. The van der Waals surface area contributed by atoms with Crippen molar-refractivity contribution in [2.45, 2.75) is 96.0 Å². The van der Waals surface area contributed by atoms with Gasteiger partial charge in [-0.05, 0) is 79.5 Å². The maximum Gasteiger partial charge on any atom is 0.428 e. The summed E-state index contributed by atoms with van der Waals surface area (Å²) in [5, 5.41) is 2.47. The molecule has 0 saturated heterocycles. The van der Waals surface area contributed by atoms with Crippen LogP contribution >= 0.6 is 0 Å². The molecule has 250 valence electrons. The van der Waals surface area contributed by atoms with E-state index in [1.165, 1.54) is 47.6 Å². The number of hydrogen-bond acceptors (Lipinski definition) is 10. The molecule has 4 rings (SSSR count). The Kier molecular flexibility index (Phi) is 9.24. The number of ether oxygens (including phenoxy) is 4. The van der Waals surface area contributed by atoms with Gasteiger partial charge < -0.3 is 24.3 Å². The van der Waals surface area contributed by atoms with Crippen LogP contribution in [0.2, 0.25) is 0 Å². The molecule has 0 bridgehead atoms. The summed E-state index contributed by atoms with van der Waals surface area (Å²) in [6, 6.07) is 2.30. The monoisotopic (exact) mass is 653 g/mol. The van der Waals surface area contributed by atoms with Crippen LogP contribution in [0.3, 0.4) is 0 Å². The first kappa shape index (κ1) is 34.4. The van der Waals surface area contributed by atoms with Gasteiger partial charge in [-0.1, -0.05) is 0 Å². The third-order valence-corrected chi connectivity index (χ3v) is 6.78. The minimum Gasteiger partial charge on any atom is -0.454 e. The third kappa shape index (κ3) is 7.65. The summed E-state index contributed by atoms with van der Waals surface area (Å²) < 4.78 is 80.8. The van der Waals surface area contributed by atoms with Gasteiger partial charge in [0.2, 0.25) is 12.7 Å². The number of nitrogens with one attached hydrogen (secondary N) is 1. The lowest BCUT2D eigenvalue weighted by Crippen LogP contribution is -2.58. The van der Waals surface area contributed by atoms with Crippen molar-refractivity contribution in [3.05, 3.63) is 47.7 Å². The van der Waals surface area contributed by atoms with E-state index in [0.29, 0.717) is 0 Å². The number of alkyl halides is 3. The molecule has 16 heteroatoms. The normalized spacial score (nSPS) is 22.1. The van der Waals surface area contributed by atoms with Crippen molar-refractivity contribution in [2.24, 2.45) is 4.99 Å². The Hall–Kier alpha value is -4.50. The van der Waals surface area contributed by atoms with Gasteiger partial charge in [0, 0.05) is 11.3 Å². The molecule has 2 aromatic rings. The van der Waals surface area contributed by atoms with Gasteiger partial charge in [0.25, 0.3) is 5.91 Å². The second-order valence-electron chi connectivity index (χ2n) is 13.0. The summed E-state index contributed by atoms with van der Waals surface area (Å²) in [6.45, 7) is 9.15. The van der Waals surface area contributed by atoms with Gasteiger partial charge in [-0.15, -0.1) is 4.90 Å². The van der Waals surface area contributed by atoms with Crippen LogP contribution in [0, 0.1) is 5.82 Å². The average molecular weight is 654 g/mol. The second-order valence-corrected chi connectivity index (χ2v) is 13.0. The molecule has 0 radical (unpaired) electrons. The molecule has 2 aliphatic rings. The number of carbonyl (C=O) groups is 3. The molecule has 12 nitrogen and oxygen atoms in total. The van der Waals surface area contributed by atoms with Gasteiger partial charge in [0.15, 0.2) is 17.9 Å². The molecule has 1 aromatic carbocycles. The lowest BCUT2D eigenvalue weighted by molar-refractivity contribution is -0.0525. The summed E-state index contributed by atoms with van der Waals surface area (Å²) in [5.41, 5.74) is -7.49. The minimum atomic E-state index is -2.34. The van der Waals surface area contributed by atoms with Gasteiger partial charge in [-0.25, -0.2) is 42.1 Å². The van der Waals surface area contributed by atoms with Crippen molar-refractivity contribution in [3.8, 4) is 5.88 Å². The fraction of sp³-hybridized carbons (Fsp3) is 0.533.